The Morgan fingerprint density at radius 3 is 2.50 bits per heavy atom. The molecule has 0 aromatic rings. The van der Waals surface area contributed by atoms with Gasteiger partial charge in [-0.1, -0.05) is 6.92 Å². The Morgan fingerprint density at radius 2 is 1.89 bits per heavy atom. The lowest BCUT2D eigenvalue weighted by Gasteiger charge is -2.34. The van der Waals surface area contributed by atoms with Crippen LogP contribution >= 0.6 is 0 Å². The van der Waals surface area contributed by atoms with Gasteiger partial charge in [-0.05, 0) is 25.9 Å². The van der Waals surface area contributed by atoms with Crippen molar-refractivity contribution < 1.29 is 9.90 Å². The molecule has 2 aliphatic heterocycles. The first kappa shape index (κ1) is 13.8. The van der Waals surface area contributed by atoms with Crippen molar-refractivity contribution in [3.8, 4) is 0 Å². The zero-order valence-electron chi connectivity index (χ0n) is 11.5. The lowest BCUT2D eigenvalue weighted by Crippen LogP contribution is -2.51. The molecule has 2 unspecified atom stereocenters. The summed E-state index contributed by atoms with van der Waals surface area (Å²) in [6.07, 6.45) is 1.08. The summed E-state index contributed by atoms with van der Waals surface area (Å²) in [5.41, 5.74) is 0. The molecule has 2 rings (SSSR count). The van der Waals surface area contributed by atoms with Gasteiger partial charge in [0.1, 0.15) is 0 Å². The number of rotatable bonds is 3. The van der Waals surface area contributed by atoms with E-state index in [-0.39, 0.29) is 18.6 Å². The summed E-state index contributed by atoms with van der Waals surface area (Å²) in [7, 11) is 2.09. The number of likely N-dealkylation sites (N-methyl/N-ethyl adjacent to an activating group) is 1. The van der Waals surface area contributed by atoms with Crippen molar-refractivity contribution in [3.63, 3.8) is 0 Å². The van der Waals surface area contributed by atoms with Crippen molar-refractivity contribution in [2.75, 3.05) is 52.9 Å². The van der Waals surface area contributed by atoms with E-state index >= 15 is 0 Å². The van der Waals surface area contributed by atoms with E-state index < -0.39 is 0 Å². The summed E-state index contributed by atoms with van der Waals surface area (Å²) in [6.45, 7) is 7.33. The minimum atomic E-state index is 0.164. The van der Waals surface area contributed by atoms with Gasteiger partial charge in [-0.2, -0.15) is 0 Å². The van der Waals surface area contributed by atoms with Gasteiger partial charge < -0.3 is 14.9 Å². The van der Waals surface area contributed by atoms with Crippen molar-refractivity contribution in [2.45, 2.75) is 19.4 Å². The number of aliphatic hydroxyl groups excluding tert-OH is 1. The molecule has 0 saturated carbocycles. The molecule has 2 atom stereocenters. The highest BCUT2D eigenvalue weighted by Gasteiger charge is 2.32. The standard InChI is InChI=1S/C13H25N3O2/c1-11-3-4-16(12(11)10-17)9-13(18)15-7-5-14(2)6-8-15/h11-12,17H,3-10H2,1-2H3. The smallest absolute Gasteiger partial charge is 0.236 e. The highest BCUT2D eigenvalue weighted by atomic mass is 16.3. The maximum absolute atomic E-state index is 12.2. The van der Waals surface area contributed by atoms with E-state index in [4.69, 9.17) is 0 Å². The van der Waals surface area contributed by atoms with Gasteiger partial charge in [-0.15, -0.1) is 0 Å². The number of carbonyl (C=O) groups is 1. The number of amides is 1. The average molecular weight is 255 g/mol. The SMILES string of the molecule is CC1CCN(CC(=O)N2CCN(C)CC2)C1CO. The van der Waals surface area contributed by atoms with Gasteiger partial charge >= 0.3 is 0 Å². The molecule has 1 N–H and O–H groups in total. The Morgan fingerprint density at radius 1 is 1.22 bits per heavy atom. The number of aliphatic hydroxyl groups is 1. The maximum atomic E-state index is 12.2. The monoisotopic (exact) mass is 255 g/mol. The third kappa shape index (κ3) is 3.02. The first-order chi connectivity index (χ1) is 8.61. The third-order valence-corrected chi connectivity index (χ3v) is 4.38. The number of hydrogen-bond donors (Lipinski definition) is 1. The summed E-state index contributed by atoms with van der Waals surface area (Å²) in [6, 6.07) is 0.168. The van der Waals surface area contributed by atoms with Crippen molar-refractivity contribution in [1.29, 1.82) is 0 Å². The largest absolute Gasteiger partial charge is 0.395 e. The predicted octanol–water partition coefficient (Wildman–Crippen LogP) is -0.537. The second-order valence-electron chi connectivity index (χ2n) is 5.67. The van der Waals surface area contributed by atoms with E-state index in [1.165, 1.54) is 0 Å². The maximum Gasteiger partial charge on any atom is 0.236 e. The van der Waals surface area contributed by atoms with E-state index in [9.17, 15) is 9.90 Å². The molecule has 0 radical (unpaired) electrons. The molecule has 0 aromatic carbocycles. The molecule has 0 bridgehead atoms. The van der Waals surface area contributed by atoms with Gasteiger partial charge in [-0.3, -0.25) is 9.69 Å². The molecule has 5 nitrogen and oxygen atoms in total. The van der Waals surface area contributed by atoms with Gasteiger partial charge in [0.25, 0.3) is 0 Å². The van der Waals surface area contributed by atoms with Crippen LogP contribution in [0.15, 0.2) is 0 Å². The highest BCUT2D eigenvalue weighted by Crippen LogP contribution is 2.23. The second kappa shape index (κ2) is 5.99. The molecule has 104 valence electrons. The average Bonchev–Trinajstić information content (AvgIpc) is 2.70. The van der Waals surface area contributed by atoms with Crippen LogP contribution in [0.4, 0.5) is 0 Å². The minimum absolute atomic E-state index is 0.164. The molecule has 1 amide bonds. The summed E-state index contributed by atoms with van der Waals surface area (Å²) in [5.74, 6) is 0.714. The molecule has 18 heavy (non-hydrogen) atoms. The highest BCUT2D eigenvalue weighted by molar-refractivity contribution is 5.78. The van der Waals surface area contributed by atoms with E-state index in [1.54, 1.807) is 0 Å². The quantitative estimate of drug-likeness (QED) is 0.736. The molecular formula is C13H25N3O2. The van der Waals surface area contributed by atoms with Crippen LogP contribution < -0.4 is 0 Å². The molecule has 0 spiro atoms. The fourth-order valence-electron chi connectivity index (χ4n) is 2.91. The van der Waals surface area contributed by atoms with E-state index in [0.717, 1.165) is 39.1 Å². The van der Waals surface area contributed by atoms with Gasteiger partial charge in [-0.25, -0.2) is 0 Å². The van der Waals surface area contributed by atoms with Crippen LogP contribution in [0, 0.1) is 5.92 Å². The van der Waals surface area contributed by atoms with Gasteiger partial charge in [0.05, 0.1) is 13.2 Å². The Hall–Kier alpha value is -0.650. The number of nitrogens with zero attached hydrogens (tertiary/aromatic N) is 3. The van der Waals surface area contributed by atoms with Crippen LogP contribution in [0.3, 0.4) is 0 Å². The summed E-state index contributed by atoms with van der Waals surface area (Å²) in [5, 5.41) is 9.39. The molecule has 2 aliphatic rings. The zero-order valence-corrected chi connectivity index (χ0v) is 11.5. The molecule has 2 saturated heterocycles. The Kier molecular flexibility index (Phi) is 4.59. The van der Waals surface area contributed by atoms with Crippen LogP contribution in [0.25, 0.3) is 0 Å². The number of likely N-dealkylation sites (tertiary alicyclic amines) is 1. The van der Waals surface area contributed by atoms with Gasteiger partial charge in [0.15, 0.2) is 0 Å². The topological polar surface area (TPSA) is 47.0 Å². The van der Waals surface area contributed by atoms with Crippen LogP contribution in [-0.2, 0) is 4.79 Å². The van der Waals surface area contributed by atoms with Crippen molar-refractivity contribution >= 4 is 5.91 Å². The predicted molar refractivity (Wildman–Crippen MR) is 70.3 cm³/mol. The summed E-state index contributed by atoms with van der Waals surface area (Å²) < 4.78 is 0. The minimum Gasteiger partial charge on any atom is -0.395 e. The molecular weight excluding hydrogens is 230 g/mol. The fraction of sp³-hybridized carbons (Fsp3) is 0.923. The van der Waals surface area contributed by atoms with Crippen LogP contribution in [0.2, 0.25) is 0 Å². The first-order valence-corrected chi connectivity index (χ1v) is 6.93. The Labute approximate surface area is 109 Å². The lowest BCUT2D eigenvalue weighted by atomic mass is 10.0. The first-order valence-electron chi connectivity index (χ1n) is 6.93. The second-order valence-corrected chi connectivity index (χ2v) is 5.67. The number of hydrogen-bond acceptors (Lipinski definition) is 4. The molecule has 5 heteroatoms. The normalized spacial score (nSPS) is 30.9. The van der Waals surface area contributed by atoms with Gasteiger partial charge in [0.2, 0.25) is 5.91 Å². The fourth-order valence-corrected chi connectivity index (χ4v) is 2.91. The third-order valence-electron chi connectivity index (χ3n) is 4.38. The molecule has 0 aliphatic carbocycles. The Balaban J connectivity index is 1.84. The van der Waals surface area contributed by atoms with E-state index in [2.05, 4.69) is 23.8 Å². The van der Waals surface area contributed by atoms with Crippen LogP contribution in [0.5, 0.6) is 0 Å². The van der Waals surface area contributed by atoms with Gasteiger partial charge in [0, 0.05) is 32.2 Å². The van der Waals surface area contributed by atoms with E-state index in [0.29, 0.717) is 12.5 Å². The van der Waals surface area contributed by atoms with Crippen molar-refractivity contribution in [1.82, 2.24) is 14.7 Å². The number of carbonyl (C=O) groups excluding carboxylic acids is 1. The molecule has 2 heterocycles. The number of piperazine rings is 1. The van der Waals surface area contributed by atoms with Crippen molar-refractivity contribution in [3.05, 3.63) is 0 Å². The van der Waals surface area contributed by atoms with Crippen LogP contribution in [0.1, 0.15) is 13.3 Å². The molecule has 2 fully saturated rings. The molecule has 0 aromatic heterocycles. The van der Waals surface area contributed by atoms with E-state index in [1.807, 2.05) is 4.90 Å². The Bertz CT molecular complexity index is 290. The lowest BCUT2D eigenvalue weighted by molar-refractivity contribution is -0.134. The van der Waals surface area contributed by atoms with Crippen LogP contribution in [-0.4, -0.2) is 84.7 Å². The summed E-state index contributed by atoms with van der Waals surface area (Å²) in [4.78, 5) is 18.6. The summed E-state index contributed by atoms with van der Waals surface area (Å²) >= 11 is 0. The zero-order chi connectivity index (χ0) is 13.1. The van der Waals surface area contributed by atoms with Crippen molar-refractivity contribution in [2.24, 2.45) is 5.92 Å².